The first-order chi connectivity index (χ1) is 13.8. The highest BCUT2D eigenvalue weighted by molar-refractivity contribution is 7.92. The Kier molecular flexibility index (Phi) is 7.00. The molecule has 2 aromatic rings. The lowest BCUT2D eigenvalue weighted by Gasteiger charge is -2.31. The fraction of sp³-hybridized carbons (Fsp3) is 0.429. The van der Waals surface area contributed by atoms with Gasteiger partial charge in [-0.2, -0.15) is 9.29 Å². The van der Waals surface area contributed by atoms with Crippen LogP contribution in [0, 0.1) is 6.92 Å². The van der Waals surface area contributed by atoms with Gasteiger partial charge >= 0.3 is 0 Å². The molecule has 0 amide bonds. The molecule has 0 N–H and O–H groups in total. The van der Waals surface area contributed by atoms with Gasteiger partial charge in [0.1, 0.15) is 18.5 Å². The van der Waals surface area contributed by atoms with Crippen molar-refractivity contribution in [3.63, 3.8) is 0 Å². The summed E-state index contributed by atoms with van der Waals surface area (Å²) in [4.78, 5) is 8.82. The fourth-order valence-electron chi connectivity index (χ4n) is 2.91. The molecule has 0 saturated carbocycles. The molecule has 1 aromatic carbocycles. The molecule has 7 nitrogen and oxygen atoms in total. The van der Waals surface area contributed by atoms with Gasteiger partial charge in [-0.15, -0.1) is 0 Å². The fourth-order valence-corrected chi connectivity index (χ4v) is 4.12. The van der Waals surface area contributed by atoms with E-state index in [1.54, 1.807) is 12.1 Å². The van der Waals surface area contributed by atoms with E-state index in [0.717, 1.165) is 17.1 Å². The highest BCUT2D eigenvalue weighted by Gasteiger charge is 2.28. The number of nitrogens with zero attached hydrogens (tertiary/aromatic N) is 3. The van der Waals surface area contributed by atoms with Crippen molar-refractivity contribution >= 4 is 16.1 Å². The summed E-state index contributed by atoms with van der Waals surface area (Å²) in [5.41, 5.74) is 1.67. The maximum Gasteiger partial charge on any atom is 0.236 e. The van der Waals surface area contributed by atoms with Crippen molar-refractivity contribution in [3.8, 4) is 5.88 Å². The van der Waals surface area contributed by atoms with Crippen LogP contribution in [0.2, 0.25) is 0 Å². The number of aromatic nitrogens is 2. The van der Waals surface area contributed by atoms with Crippen LogP contribution in [0.4, 0.5) is 0 Å². The van der Waals surface area contributed by atoms with Gasteiger partial charge in [0.2, 0.25) is 15.9 Å². The quantitative estimate of drug-likeness (QED) is 0.689. The largest absolute Gasteiger partial charge is 0.475 e. The van der Waals surface area contributed by atoms with Gasteiger partial charge in [-0.3, -0.25) is 0 Å². The van der Waals surface area contributed by atoms with Gasteiger partial charge in [-0.25, -0.2) is 13.4 Å². The molecule has 1 unspecified atom stereocenters. The van der Waals surface area contributed by atoms with Crippen LogP contribution >= 0.6 is 0 Å². The first-order valence-electron chi connectivity index (χ1n) is 9.67. The van der Waals surface area contributed by atoms with Crippen LogP contribution in [-0.4, -0.2) is 55.1 Å². The van der Waals surface area contributed by atoms with Crippen molar-refractivity contribution in [1.29, 1.82) is 0 Å². The van der Waals surface area contributed by atoms with Gasteiger partial charge in [0.05, 0.1) is 6.61 Å². The Morgan fingerprint density at radius 3 is 2.76 bits per heavy atom. The van der Waals surface area contributed by atoms with E-state index >= 15 is 0 Å². The third-order valence-corrected chi connectivity index (χ3v) is 6.01. The molecule has 8 heteroatoms. The highest BCUT2D eigenvalue weighted by atomic mass is 32.2. The maximum absolute atomic E-state index is 12.7. The smallest absolute Gasteiger partial charge is 0.236 e. The molecule has 1 aliphatic rings. The molecule has 1 atom stereocenters. The lowest BCUT2D eigenvalue weighted by Crippen LogP contribution is -2.46. The molecule has 1 aliphatic heterocycles. The van der Waals surface area contributed by atoms with Crippen molar-refractivity contribution in [2.24, 2.45) is 0 Å². The lowest BCUT2D eigenvalue weighted by atomic mass is 10.2. The van der Waals surface area contributed by atoms with Gasteiger partial charge < -0.3 is 9.47 Å². The summed E-state index contributed by atoms with van der Waals surface area (Å²) in [6, 6.07) is 11.1. The van der Waals surface area contributed by atoms with E-state index in [-0.39, 0.29) is 25.2 Å². The summed E-state index contributed by atoms with van der Waals surface area (Å²) in [7, 11) is -3.53. The molecule has 2 heterocycles. The van der Waals surface area contributed by atoms with E-state index in [9.17, 15) is 8.42 Å². The average Bonchev–Trinajstić information content (AvgIpc) is 2.71. The van der Waals surface area contributed by atoms with E-state index < -0.39 is 10.0 Å². The van der Waals surface area contributed by atoms with E-state index in [4.69, 9.17) is 9.47 Å². The Morgan fingerprint density at radius 1 is 1.28 bits per heavy atom. The Morgan fingerprint density at radius 2 is 2.03 bits per heavy atom. The van der Waals surface area contributed by atoms with Crippen molar-refractivity contribution in [2.75, 3.05) is 26.3 Å². The normalized spacial score (nSPS) is 18.4. The molecule has 29 heavy (non-hydrogen) atoms. The average molecular weight is 418 g/mol. The summed E-state index contributed by atoms with van der Waals surface area (Å²) < 4.78 is 38.2. The Bertz CT molecular complexity index is 946. The number of benzene rings is 1. The molecular formula is C21H27N3O4S. The molecule has 0 aliphatic carbocycles. The minimum absolute atomic E-state index is 0.195. The summed E-state index contributed by atoms with van der Waals surface area (Å²) >= 11 is 0. The van der Waals surface area contributed by atoms with Crippen molar-refractivity contribution in [3.05, 3.63) is 58.9 Å². The topological polar surface area (TPSA) is 81.6 Å². The first-order valence-corrected chi connectivity index (χ1v) is 11.2. The van der Waals surface area contributed by atoms with E-state index in [1.807, 2.05) is 51.1 Å². The van der Waals surface area contributed by atoms with E-state index in [0.29, 0.717) is 19.0 Å². The molecular weight excluding hydrogens is 390 g/mol. The zero-order valence-electron chi connectivity index (χ0n) is 17.0. The Balaban J connectivity index is 1.61. The molecule has 0 bridgehead atoms. The molecule has 0 radical (unpaired) electrons. The zero-order chi connectivity index (χ0) is 20.9. The van der Waals surface area contributed by atoms with Crippen LogP contribution in [0.5, 0.6) is 5.88 Å². The van der Waals surface area contributed by atoms with Crippen molar-refractivity contribution in [2.45, 2.75) is 32.8 Å². The van der Waals surface area contributed by atoms with Crippen LogP contribution in [0.25, 0.3) is 6.08 Å². The summed E-state index contributed by atoms with van der Waals surface area (Å²) in [5.74, 6) is 1.40. The molecule has 3 rings (SSSR count). The minimum atomic E-state index is -3.53. The molecule has 1 aromatic heterocycles. The molecule has 1 fully saturated rings. The van der Waals surface area contributed by atoms with Crippen LogP contribution in [0.15, 0.2) is 41.8 Å². The van der Waals surface area contributed by atoms with Crippen molar-refractivity contribution in [1.82, 2.24) is 14.3 Å². The minimum Gasteiger partial charge on any atom is -0.475 e. The highest BCUT2D eigenvalue weighted by Crippen LogP contribution is 2.17. The van der Waals surface area contributed by atoms with Gasteiger partial charge in [0.15, 0.2) is 0 Å². The molecule has 156 valence electrons. The third kappa shape index (κ3) is 6.09. The number of aryl methyl sites for hydroxylation is 1. The maximum atomic E-state index is 12.7. The molecule has 1 saturated heterocycles. The van der Waals surface area contributed by atoms with Gasteiger partial charge in [-0.1, -0.05) is 44.2 Å². The van der Waals surface area contributed by atoms with E-state index in [2.05, 4.69) is 9.97 Å². The van der Waals surface area contributed by atoms with Crippen LogP contribution < -0.4 is 4.74 Å². The first kappa shape index (κ1) is 21.4. The summed E-state index contributed by atoms with van der Waals surface area (Å²) in [5, 5.41) is 1.24. The monoisotopic (exact) mass is 417 g/mol. The number of rotatable bonds is 7. The number of sulfonamides is 1. The second-order valence-corrected chi connectivity index (χ2v) is 9.10. The summed E-state index contributed by atoms with van der Waals surface area (Å²) in [6.45, 7) is 7.05. The number of ether oxygens (including phenoxy) is 2. The zero-order valence-corrected chi connectivity index (χ0v) is 17.8. The predicted octanol–water partition coefficient (Wildman–Crippen LogP) is 2.99. The van der Waals surface area contributed by atoms with Gasteiger partial charge in [0.25, 0.3) is 0 Å². The van der Waals surface area contributed by atoms with Crippen LogP contribution in [-0.2, 0) is 14.8 Å². The van der Waals surface area contributed by atoms with Crippen molar-refractivity contribution < 1.29 is 17.9 Å². The van der Waals surface area contributed by atoms with Crippen LogP contribution in [0.1, 0.15) is 36.8 Å². The predicted molar refractivity (Wildman–Crippen MR) is 112 cm³/mol. The SMILES string of the molecule is Cc1cc(OCC2CN(S(=O)(=O)C=Cc3ccccc3)CCO2)nc(C(C)C)n1. The Hall–Kier alpha value is -2.29. The lowest BCUT2D eigenvalue weighted by molar-refractivity contribution is -0.0254. The van der Waals surface area contributed by atoms with Gasteiger partial charge in [0, 0.05) is 36.2 Å². The number of hydrogen-bond acceptors (Lipinski definition) is 6. The van der Waals surface area contributed by atoms with Gasteiger partial charge in [-0.05, 0) is 18.6 Å². The van der Waals surface area contributed by atoms with Crippen LogP contribution in [0.3, 0.4) is 0 Å². The standard InChI is InChI=1S/C21H27N3O4S/c1-16(2)21-22-17(3)13-20(23-21)28-15-19-14-24(10-11-27-19)29(25,26)12-9-18-7-5-4-6-8-18/h4-9,12-13,16,19H,10-11,14-15H2,1-3H3. The third-order valence-electron chi connectivity index (χ3n) is 4.47. The molecule has 0 spiro atoms. The second kappa shape index (κ2) is 9.47. The number of morpholine rings is 1. The summed E-state index contributed by atoms with van der Waals surface area (Å²) in [6.07, 6.45) is 1.24. The Labute approximate surface area is 172 Å². The van der Waals surface area contributed by atoms with E-state index in [1.165, 1.54) is 9.71 Å². The second-order valence-electron chi connectivity index (χ2n) is 7.28. The number of hydrogen-bond donors (Lipinski definition) is 0.